The quantitative estimate of drug-likeness (QED) is 0.734. The van der Waals surface area contributed by atoms with Crippen LogP contribution in [0.1, 0.15) is 30.9 Å². The Hall–Kier alpha value is -3.16. The van der Waals surface area contributed by atoms with E-state index in [9.17, 15) is 9.59 Å². The summed E-state index contributed by atoms with van der Waals surface area (Å²) in [5.41, 5.74) is 2.58. The molecule has 0 spiro atoms. The van der Waals surface area contributed by atoms with Crippen LogP contribution in [0.3, 0.4) is 0 Å². The first kappa shape index (κ1) is 19.2. The zero-order valence-electron chi connectivity index (χ0n) is 17.1. The lowest BCUT2D eigenvalue weighted by Gasteiger charge is -2.31. The molecule has 1 aliphatic heterocycles. The molecule has 0 saturated carbocycles. The van der Waals surface area contributed by atoms with Gasteiger partial charge in [0, 0.05) is 25.0 Å². The van der Waals surface area contributed by atoms with E-state index in [4.69, 9.17) is 0 Å². The Balaban J connectivity index is 1.53. The first-order valence-corrected chi connectivity index (χ1v) is 9.99. The normalized spacial score (nSPS) is 16.9. The van der Waals surface area contributed by atoms with Crippen LogP contribution >= 0.6 is 0 Å². The highest BCUT2D eigenvalue weighted by Gasteiger charge is 2.19. The number of aromatic nitrogens is 4. The SMILES string of the molecule is Cc1ccc(NC(=O)Cn2nc3nc(N4CCCC(C)C4)ccn3c2=O)cc1C. The van der Waals surface area contributed by atoms with Crippen molar-refractivity contribution in [2.45, 2.75) is 40.2 Å². The lowest BCUT2D eigenvalue weighted by atomic mass is 10.0. The number of carbonyl (C=O) groups excluding carboxylic acids is 1. The Morgan fingerprint density at radius 1 is 1.24 bits per heavy atom. The molecule has 8 nitrogen and oxygen atoms in total. The highest BCUT2D eigenvalue weighted by Crippen LogP contribution is 2.21. The third kappa shape index (κ3) is 4.01. The molecule has 3 heterocycles. The average Bonchev–Trinajstić information content (AvgIpc) is 2.99. The predicted octanol–water partition coefficient (Wildman–Crippen LogP) is 2.38. The number of hydrogen-bond donors (Lipinski definition) is 1. The first-order chi connectivity index (χ1) is 13.9. The first-order valence-electron chi connectivity index (χ1n) is 9.99. The predicted molar refractivity (Wildman–Crippen MR) is 112 cm³/mol. The fourth-order valence-corrected chi connectivity index (χ4v) is 3.73. The molecule has 0 radical (unpaired) electrons. The second-order valence-corrected chi connectivity index (χ2v) is 7.94. The van der Waals surface area contributed by atoms with Crippen molar-refractivity contribution in [2.75, 3.05) is 23.3 Å². The molecule has 0 bridgehead atoms. The van der Waals surface area contributed by atoms with Crippen LogP contribution in [0.2, 0.25) is 0 Å². The summed E-state index contributed by atoms with van der Waals surface area (Å²) in [5.74, 6) is 1.45. The number of anilines is 2. The molecule has 1 saturated heterocycles. The van der Waals surface area contributed by atoms with E-state index in [1.165, 1.54) is 10.8 Å². The highest BCUT2D eigenvalue weighted by atomic mass is 16.2. The molecule has 4 rings (SSSR count). The monoisotopic (exact) mass is 394 g/mol. The molecule has 3 aromatic rings. The minimum atomic E-state index is -0.374. The van der Waals surface area contributed by atoms with Gasteiger partial charge in [0.2, 0.25) is 5.91 Å². The summed E-state index contributed by atoms with van der Waals surface area (Å²) in [7, 11) is 0. The van der Waals surface area contributed by atoms with Crippen LogP contribution in [0.15, 0.2) is 35.3 Å². The van der Waals surface area contributed by atoms with Crippen LogP contribution in [-0.2, 0) is 11.3 Å². The number of nitrogens with one attached hydrogen (secondary N) is 1. The van der Waals surface area contributed by atoms with Gasteiger partial charge in [-0.15, -0.1) is 5.10 Å². The van der Waals surface area contributed by atoms with Gasteiger partial charge in [-0.3, -0.25) is 4.79 Å². The Morgan fingerprint density at radius 3 is 2.83 bits per heavy atom. The van der Waals surface area contributed by atoms with Crippen molar-refractivity contribution in [3.05, 3.63) is 52.1 Å². The average molecular weight is 394 g/mol. The number of benzene rings is 1. The minimum Gasteiger partial charge on any atom is -0.356 e. The van der Waals surface area contributed by atoms with E-state index >= 15 is 0 Å². The summed E-state index contributed by atoms with van der Waals surface area (Å²) in [6, 6.07) is 7.55. The second kappa shape index (κ2) is 7.69. The summed E-state index contributed by atoms with van der Waals surface area (Å²) in [5, 5.41) is 7.09. The van der Waals surface area contributed by atoms with Gasteiger partial charge >= 0.3 is 5.69 Å². The van der Waals surface area contributed by atoms with E-state index in [0.717, 1.165) is 41.1 Å². The van der Waals surface area contributed by atoms with Gasteiger partial charge in [0.15, 0.2) is 0 Å². The van der Waals surface area contributed by atoms with Crippen molar-refractivity contribution in [2.24, 2.45) is 5.92 Å². The van der Waals surface area contributed by atoms with E-state index in [1.54, 1.807) is 6.20 Å². The van der Waals surface area contributed by atoms with Crippen LogP contribution in [0.4, 0.5) is 11.5 Å². The Kier molecular flexibility index (Phi) is 5.08. The van der Waals surface area contributed by atoms with E-state index in [1.807, 2.05) is 38.1 Å². The van der Waals surface area contributed by atoms with Gasteiger partial charge in [0.1, 0.15) is 12.4 Å². The Morgan fingerprint density at radius 2 is 2.07 bits per heavy atom. The maximum absolute atomic E-state index is 12.6. The molecule has 1 fully saturated rings. The molecule has 2 aromatic heterocycles. The van der Waals surface area contributed by atoms with Crippen LogP contribution < -0.4 is 15.9 Å². The molecule has 1 unspecified atom stereocenters. The fraction of sp³-hybridized carbons (Fsp3) is 0.429. The second-order valence-electron chi connectivity index (χ2n) is 7.94. The van der Waals surface area contributed by atoms with Gasteiger partial charge in [-0.25, -0.2) is 13.9 Å². The highest BCUT2D eigenvalue weighted by molar-refractivity contribution is 5.90. The van der Waals surface area contributed by atoms with E-state index < -0.39 is 0 Å². The van der Waals surface area contributed by atoms with Crippen LogP contribution in [-0.4, -0.2) is 38.2 Å². The number of hydrogen-bond acceptors (Lipinski definition) is 5. The molecule has 8 heteroatoms. The standard InChI is InChI=1S/C21H26N6O2/c1-14-5-4-9-25(12-14)18-8-10-26-20(23-18)24-27(21(26)29)13-19(28)22-17-7-6-15(2)16(3)11-17/h6-8,10-11,14H,4-5,9,12-13H2,1-3H3,(H,22,28). The molecule has 152 valence electrons. The van der Waals surface area contributed by atoms with Gasteiger partial charge in [-0.1, -0.05) is 13.0 Å². The molecular formula is C21H26N6O2. The van der Waals surface area contributed by atoms with Crippen molar-refractivity contribution in [3.8, 4) is 0 Å². The van der Waals surface area contributed by atoms with E-state index in [-0.39, 0.29) is 18.1 Å². The van der Waals surface area contributed by atoms with Gasteiger partial charge < -0.3 is 10.2 Å². The number of aryl methyl sites for hydroxylation is 2. The third-order valence-corrected chi connectivity index (χ3v) is 5.50. The van der Waals surface area contributed by atoms with Crippen molar-refractivity contribution in [3.63, 3.8) is 0 Å². The summed E-state index contributed by atoms with van der Waals surface area (Å²) in [6.45, 7) is 7.99. The van der Waals surface area contributed by atoms with Gasteiger partial charge in [0.25, 0.3) is 5.78 Å². The molecule has 1 atom stereocenters. The van der Waals surface area contributed by atoms with E-state index in [0.29, 0.717) is 17.4 Å². The van der Waals surface area contributed by atoms with Gasteiger partial charge in [-0.2, -0.15) is 4.98 Å². The maximum Gasteiger partial charge on any atom is 0.352 e. The van der Waals surface area contributed by atoms with Gasteiger partial charge in [0.05, 0.1) is 0 Å². The maximum atomic E-state index is 12.6. The number of carbonyl (C=O) groups is 1. The third-order valence-electron chi connectivity index (χ3n) is 5.50. The number of rotatable bonds is 4. The number of fused-ring (bicyclic) bond motifs is 1. The van der Waals surface area contributed by atoms with Crippen molar-refractivity contribution in [1.82, 2.24) is 19.2 Å². The van der Waals surface area contributed by atoms with E-state index in [2.05, 4.69) is 27.2 Å². The topological polar surface area (TPSA) is 84.5 Å². The Bertz CT molecular complexity index is 1120. The summed E-state index contributed by atoms with van der Waals surface area (Å²) in [4.78, 5) is 31.8. The van der Waals surface area contributed by atoms with Crippen LogP contribution in [0.5, 0.6) is 0 Å². The molecule has 0 aliphatic carbocycles. The van der Waals surface area contributed by atoms with Crippen molar-refractivity contribution in [1.29, 1.82) is 0 Å². The minimum absolute atomic E-state index is 0.162. The van der Waals surface area contributed by atoms with Crippen molar-refractivity contribution < 1.29 is 4.79 Å². The number of nitrogens with zero attached hydrogens (tertiary/aromatic N) is 5. The largest absolute Gasteiger partial charge is 0.356 e. The van der Waals surface area contributed by atoms with Crippen molar-refractivity contribution >= 4 is 23.2 Å². The molecule has 1 aliphatic rings. The molecule has 1 N–H and O–H groups in total. The number of amides is 1. The van der Waals surface area contributed by atoms with Crippen LogP contribution in [0, 0.1) is 19.8 Å². The smallest absolute Gasteiger partial charge is 0.352 e. The summed E-state index contributed by atoms with van der Waals surface area (Å²) >= 11 is 0. The fourth-order valence-electron chi connectivity index (χ4n) is 3.73. The zero-order chi connectivity index (χ0) is 20.5. The summed E-state index contributed by atoms with van der Waals surface area (Å²) < 4.78 is 2.53. The molecule has 1 aromatic carbocycles. The van der Waals surface area contributed by atoms with Crippen LogP contribution in [0.25, 0.3) is 5.78 Å². The molecule has 1 amide bonds. The lowest BCUT2D eigenvalue weighted by molar-refractivity contribution is -0.117. The van der Waals surface area contributed by atoms with Gasteiger partial charge in [-0.05, 0) is 61.9 Å². The molecule has 29 heavy (non-hydrogen) atoms. The Labute approximate surface area is 169 Å². The lowest BCUT2D eigenvalue weighted by Crippen LogP contribution is -2.34. The number of piperidine rings is 1. The zero-order valence-corrected chi connectivity index (χ0v) is 17.1. The molecular weight excluding hydrogens is 368 g/mol. The summed E-state index contributed by atoms with van der Waals surface area (Å²) in [6.07, 6.45) is 4.04.